The predicted octanol–water partition coefficient (Wildman–Crippen LogP) is 2.47. The molecule has 2 N–H and O–H groups in total. The van der Waals surface area contributed by atoms with Crippen LogP contribution in [0.15, 0.2) is 63.4 Å². The molecule has 9 heteroatoms. The number of rotatable bonds is 6. The van der Waals surface area contributed by atoms with Crippen LogP contribution in [0.25, 0.3) is 0 Å². The standard InChI is InChI=1S/C15H13N3O4S2/c19-14(16-9-11-5-4-8-22-11)13-10-23-15(17-13)18-24(20,21)12-6-2-1-3-7-12/h1-8,10H,9H2,(H,16,19)(H,17,18). The Morgan fingerprint density at radius 3 is 2.67 bits per heavy atom. The van der Waals surface area contributed by atoms with E-state index < -0.39 is 15.9 Å². The molecule has 0 aliphatic carbocycles. The number of anilines is 1. The number of thiazole rings is 1. The van der Waals surface area contributed by atoms with Gasteiger partial charge in [-0.25, -0.2) is 13.4 Å². The predicted molar refractivity (Wildman–Crippen MR) is 89.2 cm³/mol. The number of furan rings is 1. The summed E-state index contributed by atoms with van der Waals surface area (Å²) < 4.78 is 31.9. The number of hydrogen-bond donors (Lipinski definition) is 2. The minimum absolute atomic E-state index is 0.127. The lowest BCUT2D eigenvalue weighted by molar-refractivity contribution is 0.0944. The second-order valence-corrected chi connectivity index (χ2v) is 7.26. The van der Waals surface area contributed by atoms with Crippen LogP contribution >= 0.6 is 11.3 Å². The average Bonchev–Trinajstić information content (AvgIpc) is 3.25. The van der Waals surface area contributed by atoms with Gasteiger partial charge in [0.2, 0.25) is 0 Å². The van der Waals surface area contributed by atoms with Gasteiger partial charge in [0.05, 0.1) is 17.7 Å². The van der Waals surface area contributed by atoms with Gasteiger partial charge in [0, 0.05) is 5.38 Å². The molecule has 0 saturated carbocycles. The molecule has 0 aliphatic rings. The Kier molecular flexibility index (Phi) is 4.63. The topological polar surface area (TPSA) is 101 Å². The number of carbonyl (C=O) groups excluding carboxylic acids is 1. The maximum absolute atomic E-state index is 12.2. The van der Waals surface area contributed by atoms with E-state index in [1.54, 1.807) is 30.3 Å². The molecule has 0 saturated heterocycles. The van der Waals surface area contributed by atoms with Crippen LogP contribution in [0.5, 0.6) is 0 Å². The van der Waals surface area contributed by atoms with Crippen LogP contribution in [0.4, 0.5) is 5.13 Å². The van der Waals surface area contributed by atoms with Crippen LogP contribution in [0.2, 0.25) is 0 Å². The summed E-state index contributed by atoms with van der Waals surface area (Å²) in [5, 5.41) is 4.26. The lowest BCUT2D eigenvalue weighted by Gasteiger charge is -2.04. The van der Waals surface area contributed by atoms with Gasteiger partial charge in [-0.1, -0.05) is 18.2 Å². The van der Waals surface area contributed by atoms with Crippen molar-refractivity contribution in [3.8, 4) is 0 Å². The van der Waals surface area contributed by atoms with Crippen LogP contribution in [-0.4, -0.2) is 19.3 Å². The third kappa shape index (κ3) is 3.81. The van der Waals surface area contributed by atoms with E-state index in [2.05, 4.69) is 15.0 Å². The molecule has 1 amide bonds. The molecule has 0 fully saturated rings. The Labute approximate surface area is 142 Å². The zero-order valence-corrected chi connectivity index (χ0v) is 13.9. The van der Waals surface area contributed by atoms with Crippen LogP contribution < -0.4 is 10.0 Å². The lowest BCUT2D eigenvalue weighted by Crippen LogP contribution is -2.23. The number of nitrogens with zero attached hydrogens (tertiary/aromatic N) is 1. The van der Waals surface area contributed by atoms with Crippen molar-refractivity contribution < 1.29 is 17.6 Å². The molecule has 2 heterocycles. The highest BCUT2D eigenvalue weighted by Gasteiger charge is 2.17. The summed E-state index contributed by atoms with van der Waals surface area (Å²) in [5.41, 5.74) is 0.136. The molecule has 7 nitrogen and oxygen atoms in total. The zero-order valence-electron chi connectivity index (χ0n) is 12.3. The van der Waals surface area contributed by atoms with Crippen molar-refractivity contribution in [1.82, 2.24) is 10.3 Å². The smallest absolute Gasteiger partial charge is 0.271 e. The molecule has 0 spiro atoms. The highest BCUT2D eigenvalue weighted by molar-refractivity contribution is 7.93. The van der Waals surface area contributed by atoms with E-state index in [0.717, 1.165) is 11.3 Å². The number of aromatic nitrogens is 1. The maximum atomic E-state index is 12.2. The van der Waals surface area contributed by atoms with Crippen molar-refractivity contribution in [2.24, 2.45) is 0 Å². The molecule has 0 aliphatic heterocycles. The van der Waals surface area contributed by atoms with Crippen LogP contribution in [0.3, 0.4) is 0 Å². The largest absolute Gasteiger partial charge is 0.467 e. The number of hydrogen-bond acceptors (Lipinski definition) is 6. The first-order valence-electron chi connectivity index (χ1n) is 6.88. The van der Waals surface area contributed by atoms with Gasteiger partial charge in [-0.05, 0) is 24.3 Å². The highest BCUT2D eigenvalue weighted by Crippen LogP contribution is 2.20. The summed E-state index contributed by atoms with van der Waals surface area (Å²) in [4.78, 5) is 16.1. The quantitative estimate of drug-likeness (QED) is 0.700. The fraction of sp³-hybridized carbons (Fsp3) is 0.0667. The average molecular weight is 363 g/mol. The number of sulfonamides is 1. The van der Waals surface area contributed by atoms with E-state index in [-0.39, 0.29) is 22.3 Å². The minimum atomic E-state index is -3.72. The van der Waals surface area contributed by atoms with Crippen LogP contribution in [0, 0.1) is 0 Å². The maximum Gasteiger partial charge on any atom is 0.271 e. The zero-order chi connectivity index (χ0) is 17.0. The van der Waals surface area contributed by atoms with E-state index in [1.165, 1.54) is 23.8 Å². The summed E-state index contributed by atoms with van der Waals surface area (Å²) in [6.07, 6.45) is 1.51. The van der Waals surface area contributed by atoms with E-state index >= 15 is 0 Å². The monoisotopic (exact) mass is 363 g/mol. The number of nitrogens with one attached hydrogen (secondary N) is 2. The summed E-state index contributed by atoms with van der Waals surface area (Å²) in [6.45, 7) is 0.231. The fourth-order valence-corrected chi connectivity index (χ4v) is 3.83. The van der Waals surface area contributed by atoms with E-state index in [9.17, 15) is 13.2 Å². The SMILES string of the molecule is O=C(NCc1ccco1)c1csc(NS(=O)(=O)c2ccccc2)n1. The van der Waals surface area contributed by atoms with Gasteiger partial charge in [-0.3, -0.25) is 9.52 Å². The molecular formula is C15H13N3O4S2. The van der Waals surface area contributed by atoms with Gasteiger partial charge in [0.25, 0.3) is 15.9 Å². The minimum Gasteiger partial charge on any atom is -0.467 e. The summed E-state index contributed by atoms with van der Waals surface area (Å²) in [7, 11) is -3.72. The first-order valence-corrected chi connectivity index (χ1v) is 9.25. The van der Waals surface area contributed by atoms with Crippen molar-refractivity contribution in [1.29, 1.82) is 0 Å². The molecule has 0 atom stereocenters. The Bertz CT molecular complexity index is 919. The number of carbonyl (C=O) groups is 1. The first-order chi connectivity index (χ1) is 11.5. The van der Waals surface area contributed by atoms with Crippen molar-refractivity contribution in [2.45, 2.75) is 11.4 Å². The Hall–Kier alpha value is -2.65. The highest BCUT2D eigenvalue weighted by atomic mass is 32.2. The van der Waals surface area contributed by atoms with Crippen molar-refractivity contribution in [3.05, 3.63) is 65.6 Å². The molecule has 0 radical (unpaired) electrons. The van der Waals surface area contributed by atoms with Gasteiger partial charge in [-0.15, -0.1) is 11.3 Å². The van der Waals surface area contributed by atoms with E-state index in [4.69, 9.17) is 4.42 Å². The Morgan fingerprint density at radius 1 is 1.17 bits per heavy atom. The molecule has 3 rings (SSSR count). The molecule has 0 unspecified atom stereocenters. The van der Waals surface area contributed by atoms with E-state index in [1.807, 2.05) is 0 Å². The second-order valence-electron chi connectivity index (χ2n) is 4.72. The third-order valence-corrected chi connectivity index (χ3v) is 5.26. The van der Waals surface area contributed by atoms with Gasteiger partial charge in [-0.2, -0.15) is 0 Å². The summed E-state index contributed by atoms with van der Waals surface area (Å²) >= 11 is 1.04. The molecular weight excluding hydrogens is 350 g/mol. The van der Waals surface area contributed by atoms with E-state index in [0.29, 0.717) is 5.76 Å². The molecule has 1 aromatic carbocycles. The summed E-state index contributed by atoms with van der Waals surface area (Å²) in [6, 6.07) is 11.4. The third-order valence-electron chi connectivity index (χ3n) is 3.02. The first kappa shape index (κ1) is 16.2. The van der Waals surface area contributed by atoms with Crippen LogP contribution in [-0.2, 0) is 16.6 Å². The van der Waals surface area contributed by atoms with Crippen molar-refractivity contribution in [2.75, 3.05) is 4.72 Å². The van der Waals surface area contributed by atoms with Gasteiger partial charge in [0.1, 0.15) is 11.5 Å². The Balaban J connectivity index is 1.66. The fourth-order valence-electron chi connectivity index (χ4n) is 1.87. The molecule has 3 aromatic rings. The molecule has 0 bridgehead atoms. The Morgan fingerprint density at radius 2 is 1.96 bits per heavy atom. The van der Waals surface area contributed by atoms with Gasteiger partial charge < -0.3 is 9.73 Å². The lowest BCUT2D eigenvalue weighted by atomic mass is 10.4. The molecule has 124 valence electrons. The van der Waals surface area contributed by atoms with Crippen molar-refractivity contribution in [3.63, 3.8) is 0 Å². The molecule has 24 heavy (non-hydrogen) atoms. The van der Waals surface area contributed by atoms with Crippen LogP contribution in [0.1, 0.15) is 16.2 Å². The number of amides is 1. The second kappa shape index (κ2) is 6.85. The molecule has 2 aromatic heterocycles. The normalized spacial score (nSPS) is 11.2. The number of benzene rings is 1. The van der Waals surface area contributed by atoms with Crippen molar-refractivity contribution >= 4 is 32.4 Å². The summed E-state index contributed by atoms with van der Waals surface area (Å²) in [5.74, 6) is 0.205. The van der Waals surface area contributed by atoms with Gasteiger partial charge in [0.15, 0.2) is 5.13 Å². The van der Waals surface area contributed by atoms with Gasteiger partial charge >= 0.3 is 0 Å².